The number of aryl methyl sites for hydroxylation is 1. The molecular formula is C15H19N5. The topological polar surface area (TPSA) is 53.9 Å². The van der Waals surface area contributed by atoms with Crippen LogP contribution in [0.3, 0.4) is 0 Å². The van der Waals surface area contributed by atoms with Gasteiger partial charge in [-0.25, -0.2) is 15.0 Å². The molecule has 0 saturated carbocycles. The molecule has 0 aliphatic carbocycles. The van der Waals surface area contributed by atoms with E-state index in [1.165, 1.54) is 36.7 Å². The van der Waals surface area contributed by atoms with E-state index in [0.29, 0.717) is 5.95 Å². The fourth-order valence-electron chi connectivity index (χ4n) is 2.64. The van der Waals surface area contributed by atoms with Crippen molar-refractivity contribution in [3.63, 3.8) is 0 Å². The molecule has 0 atom stereocenters. The highest BCUT2D eigenvalue weighted by Crippen LogP contribution is 2.26. The maximum atomic E-state index is 4.05. The number of para-hydroxylation sites is 1. The second-order valence-electron chi connectivity index (χ2n) is 4.96. The van der Waals surface area contributed by atoms with E-state index in [0.717, 1.165) is 26.1 Å². The Morgan fingerprint density at radius 1 is 1.15 bits per heavy atom. The summed E-state index contributed by atoms with van der Waals surface area (Å²) in [4.78, 5) is 14.4. The van der Waals surface area contributed by atoms with Gasteiger partial charge in [-0.1, -0.05) is 18.2 Å². The Hall–Kier alpha value is -2.17. The molecule has 2 heterocycles. The molecule has 0 fully saturated rings. The second-order valence-corrected chi connectivity index (χ2v) is 4.96. The predicted octanol–water partition coefficient (Wildman–Crippen LogP) is 2.13. The first-order valence-electron chi connectivity index (χ1n) is 7.12. The largest absolute Gasteiger partial charge is 0.371 e. The predicted molar refractivity (Wildman–Crippen MR) is 79.9 cm³/mol. The molecule has 1 aliphatic rings. The van der Waals surface area contributed by atoms with Crippen LogP contribution in [0, 0.1) is 0 Å². The van der Waals surface area contributed by atoms with Gasteiger partial charge in [-0.3, -0.25) is 0 Å². The Morgan fingerprint density at radius 3 is 2.90 bits per heavy atom. The summed E-state index contributed by atoms with van der Waals surface area (Å²) < 4.78 is 0. The third-order valence-corrected chi connectivity index (χ3v) is 3.59. The third-order valence-electron chi connectivity index (χ3n) is 3.59. The van der Waals surface area contributed by atoms with E-state index in [1.807, 2.05) is 0 Å². The molecule has 1 N–H and O–H groups in total. The minimum absolute atomic E-state index is 0.652. The van der Waals surface area contributed by atoms with Crippen LogP contribution in [0.1, 0.15) is 18.4 Å². The van der Waals surface area contributed by atoms with Crippen LogP contribution < -0.4 is 10.2 Å². The van der Waals surface area contributed by atoms with Crippen molar-refractivity contribution in [2.75, 3.05) is 29.9 Å². The van der Waals surface area contributed by atoms with Gasteiger partial charge in [0.25, 0.3) is 0 Å². The SMILES string of the molecule is c1ccc2c(c1)CCCN2CCCNc1ncncn1. The maximum absolute atomic E-state index is 4.05. The fourth-order valence-corrected chi connectivity index (χ4v) is 2.64. The number of aromatic nitrogens is 3. The van der Waals surface area contributed by atoms with Gasteiger partial charge in [0, 0.05) is 25.3 Å². The van der Waals surface area contributed by atoms with E-state index >= 15 is 0 Å². The van der Waals surface area contributed by atoms with Gasteiger partial charge in [-0.05, 0) is 30.9 Å². The molecule has 1 aromatic heterocycles. The standard InChI is InChI=1S/C15H19N5/c1-2-7-14-13(5-1)6-3-9-20(14)10-4-8-17-15-18-11-16-12-19-15/h1-2,5,7,11-12H,3-4,6,8-10H2,(H,16,17,18,19). The average molecular weight is 269 g/mol. The number of hydrogen-bond donors (Lipinski definition) is 1. The van der Waals surface area contributed by atoms with Crippen LogP contribution in [0.2, 0.25) is 0 Å². The van der Waals surface area contributed by atoms with Gasteiger partial charge < -0.3 is 10.2 Å². The number of anilines is 2. The second kappa shape index (κ2) is 6.32. The monoisotopic (exact) mass is 269 g/mol. The lowest BCUT2D eigenvalue weighted by atomic mass is 10.0. The molecule has 1 aromatic carbocycles. The van der Waals surface area contributed by atoms with Crippen LogP contribution in [-0.4, -0.2) is 34.6 Å². The summed E-state index contributed by atoms with van der Waals surface area (Å²) in [6.45, 7) is 3.10. The van der Waals surface area contributed by atoms with Crippen molar-refractivity contribution >= 4 is 11.6 Å². The molecule has 0 unspecified atom stereocenters. The van der Waals surface area contributed by atoms with Crippen LogP contribution in [0.4, 0.5) is 11.6 Å². The molecule has 0 amide bonds. The zero-order valence-electron chi connectivity index (χ0n) is 11.5. The zero-order chi connectivity index (χ0) is 13.6. The summed E-state index contributed by atoms with van der Waals surface area (Å²) in [6.07, 6.45) is 6.54. The summed E-state index contributed by atoms with van der Waals surface area (Å²) in [5, 5.41) is 3.22. The molecule has 5 heteroatoms. The number of fused-ring (bicyclic) bond motifs is 1. The highest BCUT2D eigenvalue weighted by molar-refractivity contribution is 5.55. The molecule has 104 valence electrons. The third kappa shape index (κ3) is 3.04. The van der Waals surface area contributed by atoms with Crippen molar-refractivity contribution in [1.82, 2.24) is 15.0 Å². The first kappa shape index (κ1) is 12.8. The summed E-state index contributed by atoms with van der Waals surface area (Å²) in [6, 6.07) is 8.73. The first-order valence-corrected chi connectivity index (χ1v) is 7.12. The van der Waals surface area contributed by atoms with Crippen molar-refractivity contribution in [3.8, 4) is 0 Å². The number of hydrogen-bond acceptors (Lipinski definition) is 5. The van der Waals surface area contributed by atoms with Crippen molar-refractivity contribution in [2.45, 2.75) is 19.3 Å². The fraction of sp³-hybridized carbons (Fsp3) is 0.400. The maximum Gasteiger partial charge on any atom is 0.225 e. The van der Waals surface area contributed by atoms with E-state index in [4.69, 9.17) is 0 Å². The minimum atomic E-state index is 0.652. The van der Waals surface area contributed by atoms with Crippen LogP contribution in [-0.2, 0) is 6.42 Å². The summed E-state index contributed by atoms with van der Waals surface area (Å²) in [7, 11) is 0. The molecular weight excluding hydrogens is 250 g/mol. The summed E-state index contributed by atoms with van der Waals surface area (Å²) >= 11 is 0. The molecule has 0 saturated heterocycles. The molecule has 0 radical (unpaired) electrons. The number of rotatable bonds is 5. The highest BCUT2D eigenvalue weighted by Gasteiger charge is 2.15. The van der Waals surface area contributed by atoms with Crippen molar-refractivity contribution < 1.29 is 0 Å². The van der Waals surface area contributed by atoms with Gasteiger partial charge in [0.05, 0.1) is 0 Å². The number of nitrogens with one attached hydrogen (secondary N) is 1. The van der Waals surface area contributed by atoms with E-state index in [2.05, 4.69) is 49.4 Å². The molecule has 20 heavy (non-hydrogen) atoms. The van der Waals surface area contributed by atoms with Crippen molar-refractivity contribution in [3.05, 3.63) is 42.5 Å². The van der Waals surface area contributed by atoms with Gasteiger partial charge >= 0.3 is 0 Å². The Bertz CT molecular complexity index is 543. The van der Waals surface area contributed by atoms with Gasteiger partial charge in [0.2, 0.25) is 5.95 Å². The van der Waals surface area contributed by atoms with Gasteiger partial charge in [0.1, 0.15) is 12.7 Å². The molecule has 0 spiro atoms. The van der Waals surface area contributed by atoms with Gasteiger partial charge in [0.15, 0.2) is 0 Å². The summed E-state index contributed by atoms with van der Waals surface area (Å²) in [5.41, 5.74) is 2.88. The van der Waals surface area contributed by atoms with Crippen LogP contribution >= 0.6 is 0 Å². The lowest BCUT2D eigenvalue weighted by molar-refractivity contribution is 0.673. The smallest absolute Gasteiger partial charge is 0.225 e. The number of nitrogens with zero attached hydrogens (tertiary/aromatic N) is 4. The Balaban J connectivity index is 1.50. The lowest BCUT2D eigenvalue weighted by Crippen LogP contribution is -2.31. The summed E-state index contributed by atoms with van der Waals surface area (Å²) in [5.74, 6) is 0.652. The van der Waals surface area contributed by atoms with Gasteiger partial charge in [-0.15, -0.1) is 0 Å². The van der Waals surface area contributed by atoms with Crippen molar-refractivity contribution in [1.29, 1.82) is 0 Å². The molecule has 1 aliphatic heterocycles. The van der Waals surface area contributed by atoms with E-state index < -0.39 is 0 Å². The average Bonchev–Trinajstić information content (AvgIpc) is 2.53. The molecule has 3 rings (SSSR count). The van der Waals surface area contributed by atoms with Crippen LogP contribution in [0.15, 0.2) is 36.9 Å². The van der Waals surface area contributed by atoms with Crippen LogP contribution in [0.25, 0.3) is 0 Å². The lowest BCUT2D eigenvalue weighted by Gasteiger charge is -2.31. The van der Waals surface area contributed by atoms with Crippen LogP contribution in [0.5, 0.6) is 0 Å². The van der Waals surface area contributed by atoms with Gasteiger partial charge in [-0.2, -0.15) is 0 Å². The van der Waals surface area contributed by atoms with E-state index in [9.17, 15) is 0 Å². The highest BCUT2D eigenvalue weighted by atomic mass is 15.1. The Kier molecular flexibility index (Phi) is 4.06. The molecule has 2 aromatic rings. The quantitative estimate of drug-likeness (QED) is 0.843. The normalized spacial score (nSPS) is 13.9. The Morgan fingerprint density at radius 2 is 2.00 bits per heavy atom. The first-order chi connectivity index (χ1) is 9.93. The Labute approximate surface area is 119 Å². The van der Waals surface area contributed by atoms with E-state index in [1.54, 1.807) is 0 Å². The van der Waals surface area contributed by atoms with E-state index in [-0.39, 0.29) is 0 Å². The zero-order valence-corrected chi connectivity index (χ0v) is 11.5. The van der Waals surface area contributed by atoms with Crippen molar-refractivity contribution in [2.24, 2.45) is 0 Å². The minimum Gasteiger partial charge on any atom is -0.371 e. The molecule has 5 nitrogen and oxygen atoms in total. The molecule has 0 bridgehead atoms. The number of benzene rings is 1.